The van der Waals surface area contributed by atoms with Gasteiger partial charge in [0.25, 0.3) is 0 Å². The van der Waals surface area contributed by atoms with E-state index in [-0.39, 0.29) is 34.5 Å². The number of fused-ring (bicyclic) bond motifs is 3. The molecule has 4 rings (SSSR count). The van der Waals surface area contributed by atoms with Crippen molar-refractivity contribution in [3.8, 4) is 28.4 Å². The number of methoxy groups -OCH3 is 3. The number of carbonyl (C=O) groups is 3. The number of nitrogens with one attached hydrogen (secondary N) is 3. The van der Waals surface area contributed by atoms with Crippen molar-refractivity contribution in [2.45, 2.75) is 45.2 Å². The Balaban J connectivity index is 1.78. The maximum absolute atomic E-state index is 13.8. The van der Waals surface area contributed by atoms with Crippen molar-refractivity contribution in [2.24, 2.45) is 0 Å². The van der Waals surface area contributed by atoms with E-state index in [4.69, 9.17) is 18.9 Å². The van der Waals surface area contributed by atoms with Gasteiger partial charge in [0, 0.05) is 17.9 Å². The fourth-order valence-electron chi connectivity index (χ4n) is 5.34. The minimum atomic E-state index is -0.797. The second-order valence-corrected chi connectivity index (χ2v) is 12.2. The number of rotatable bonds is 13. The molecule has 1 heterocycles. The van der Waals surface area contributed by atoms with Gasteiger partial charge in [0.2, 0.25) is 23.0 Å². The zero-order chi connectivity index (χ0) is 33.4. The van der Waals surface area contributed by atoms with Gasteiger partial charge in [-0.2, -0.15) is 11.8 Å². The van der Waals surface area contributed by atoms with Crippen LogP contribution in [0.5, 0.6) is 17.2 Å². The Kier molecular flexibility index (Phi) is 11.9. The molecule has 0 saturated heterocycles. The topological polar surface area (TPSA) is 154 Å². The molecule has 0 fully saturated rings. The van der Waals surface area contributed by atoms with Crippen LogP contribution in [0.3, 0.4) is 0 Å². The SMILES string of the molecule is CCOC(=O)c1csc(NC(=O)[C@H](CCSC)Nc2ccc3c(cc2=O)[C@H](NC(C)=O)CCc2cc(OC)c(OC)c(OC)c2-3)n1. The van der Waals surface area contributed by atoms with E-state index in [0.717, 1.165) is 22.5 Å². The lowest BCUT2D eigenvalue weighted by Gasteiger charge is -2.19. The highest BCUT2D eigenvalue weighted by atomic mass is 32.2. The van der Waals surface area contributed by atoms with Crippen LogP contribution in [0, 0.1) is 0 Å². The van der Waals surface area contributed by atoms with Crippen LogP contribution in [0.15, 0.2) is 34.4 Å². The molecule has 3 aromatic rings. The van der Waals surface area contributed by atoms with E-state index in [1.165, 1.54) is 32.6 Å². The predicted molar refractivity (Wildman–Crippen MR) is 180 cm³/mol. The van der Waals surface area contributed by atoms with Crippen LogP contribution in [0.25, 0.3) is 11.1 Å². The van der Waals surface area contributed by atoms with Gasteiger partial charge in [-0.15, -0.1) is 11.3 Å². The number of thioether (sulfide) groups is 1. The Morgan fingerprint density at radius 3 is 2.52 bits per heavy atom. The molecule has 46 heavy (non-hydrogen) atoms. The molecule has 0 aliphatic heterocycles. The summed E-state index contributed by atoms with van der Waals surface area (Å²) in [5.74, 6) is 0.768. The number of anilines is 2. The molecular weight excluding hydrogens is 633 g/mol. The summed E-state index contributed by atoms with van der Waals surface area (Å²) in [6, 6.07) is 5.55. The molecule has 0 saturated carbocycles. The van der Waals surface area contributed by atoms with Crippen molar-refractivity contribution >= 4 is 51.7 Å². The van der Waals surface area contributed by atoms with Gasteiger partial charge in [-0.05, 0) is 73.1 Å². The second kappa shape index (κ2) is 15.8. The third-order valence-electron chi connectivity index (χ3n) is 7.39. The van der Waals surface area contributed by atoms with Crippen molar-refractivity contribution in [2.75, 3.05) is 50.6 Å². The van der Waals surface area contributed by atoms with Gasteiger partial charge in [-0.1, -0.05) is 6.07 Å². The highest BCUT2D eigenvalue weighted by Gasteiger charge is 2.30. The molecule has 2 amide bonds. The fourth-order valence-corrected chi connectivity index (χ4v) is 6.50. The molecule has 3 N–H and O–H groups in total. The lowest BCUT2D eigenvalue weighted by molar-refractivity contribution is -0.120. The highest BCUT2D eigenvalue weighted by molar-refractivity contribution is 7.98. The van der Waals surface area contributed by atoms with Crippen LogP contribution in [-0.4, -0.2) is 68.8 Å². The largest absolute Gasteiger partial charge is 0.493 e. The van der Waals surface area contributed by atoms with E-state index < -0.39 is 24.0 Å². The lowest BCUT2D eigenvalue weighted by Crippen LogP contribution is -2.36. The van der Waals surface area contributed by atoms with E-state index in [2.05, 4.69) is 20.9 Å². The summed E-state index contributed by atoms with van der Waals surface area (Å²) in [5.41, 5.74) is 2.85. The molecule has 2 atom stereocenters. The minimum Gasteiger partial charge on any atom is -0.493 e. The molecule has 1 aliphatic rings. The molecule has 0 spiro atoms. The first-order valence-electron chi connectivity index (χ1n) is 14.6. The Hall–Kier alpha value is -4.30. The third-order valence-corrected chi connectivity index (χ3v) is 8.79. The average Bonchev–Trinajstić information content (AvgIpc) is 3.38. The van der Waals surface area contributed by atoms with Gasteiger partial charge >= 0.3 is 5.97 Å². The zero-order valence-electron chi connectivity index (χ0n) is 26.6. The summed E-state index contributed by atoms with van der Waals surface area (Å²) in [6.45, 7) is 3.34. The third kappa shape index (κ3) is 7.73. The van der Waals surface area contributed by atoms with Crippen molar-refractivity contribution in [3.05, 3.63) is 56.7 Å². The maximum Gasteiger partial charge on any atom is 0.357 e. The molecule has 246 valence electrons. The first-order valence-corrected chi connectivity index (χ1v) is 16.9. The molecule has 1 aliphatic carbocycles. The number of carbonyl (C=O) groups excluding carboxylic acids is 3. The van der Waals surface area contributed by atoms with E-state index in [0.29, 0.717) is 53.4 Å². The number of amides is 2. The number of hydrogen-bond acceptors (Lipinski definition) is 12. The normalized spacial score (nSPS) is 14.1. The average molecular weight is 671 g/mol. The Bertz CT molecular complexity index is 1660. The number of hydrogen-bond donors (Lipinski definition) is 3. The fraction of sp³-hybridized carbons (Fsp3) is 0.406. The monoisotopic (exact) mass is 670 g/mol. The van der Waals surface area contributed by atoms with Crippen LogP contribution < -0.4 is 35.6 Å². The van der Waals surface area contributed by atoms with Gasteiger partial charge in [0.15, 0.2) is 22.3 Å². The molecule has 0 radical (unpaired) electrons. The van der Waals surface area contributed by atoms with Gasteiger partial charge in [-0.25, -0.2) is 9.78 Å². The summed E-state index contributed by atoms with van der Waals surface area (Å²) in [5, 5.41) is 10.6. The number of nitrogens with zero attached hydrogens (tertiary/aromatic N) is 1. The molecule has 1 aromatic heterocycles. The van der Waals surface area contributed by atoms with Gasteiger partial charge in [-0.3, -0.25) is 14.4 Å². The summed E-state index contributed by atoms with van der Waals surface area (Å²) < 4.78 is 22.1. The van der Waals surface area contributed by atoms with Crippen LogP contribution in [0.2, 0.25) is 0 Å². The maximum atomic E-state index is 13.8. The molecule has 2 aromatic carbocycles. The smallest absolute Gasteiger partial charge is 0.357 e. The van der Waals surface area contributed by atoms with Gasteiger partial charge < -0.3 is 34.9 Å². The van der Waals surface area contributed by atoms with Crippen molar-refractivity contribution in [1.82, 2.24) is 10.3 Å². The Labute approximate surface area is 275 Å². The van der Waals surface area contributed by atoms with E-state index in [9.17, 15) is 19.2 Å². The molecule has 14 heteroatoms. The molecule has 0 bridgehead atoms. The number of thiazole rings is 1. The Morgan fingerprint density at radius 2 is 1.87 bits per heavy atom. The molecule has 0 unspecified atom stereocenters. The lowest BCUT2D eigenvalue weighted by atomic mass is 9.95. The first kappa shape index (κ1) is 34.6. The minimum absolute atomic E-state index is 0.105. The van der Waals surface area contributed by atoms with E-state index in [1.54, 1.807) is 37.9 Å². The quantitative estimate of drug-likeness (QED) is 0.218. The summed E-state index contributed by atoms with van der Waals surface area (Å²) in [7, 11) is 4.61. The number of benzene rings is 1. The van der Waals surface area contributed by atoms with Gasteiger partial charge in [0.05, 0.1) is 39.7 Å². The van der Waals surface area contributed by atoms with E-state index >= 15 is 0 Å². The number of aromatic nitrogens is 1. The number of esters is 1. The first-order chi connectivity index (χ1) is 22.1. The van der Waals surface area contributed by atoms with Crippen molar-refractivity contribution in [3.63, 3.8) is 0 Å². The Morgan fingerprint density at radius 1 is 1.11 bits per heavy atom. The van der Waals surface area contributed by atoms with Crippen LogP contribution in [-0.2, 0) is 20.7 Å². The number of aryl methyl sites for hydroxylation is 1. The van der Waals surface area contributed by atoms with Gasteiger partial charge in [0.1, 0.15) is 6.04 Å². The van der Waals surface area contributed by atoms with Crippen molar-refractivity contribution in [1.29, 1.82) is 0 Å². The van der Waals surface area contributed by atoms with Crippen LogP contribution in [0.4, 0.5) is 10.8 Å². The van der Waals surface area contributed by atoms with Crippen molar-refractivity contribution < 1.29 is 33.3 Å². The standard InChI is InChI=1S/C32H38N4O8S2/c1-7-44-31(40)24-16-46-32(35-24)36-30(39)23(12-13-45-6)34-22-11-9-19-20(15-25(22)38)21(33-17(2)37)10-8-18-14-26(41-3)28(42-4)29(43-5)27(18)19/h9,11,14-16,21,23H,7-8,10,12-13H2,1-6H3,(H,33,37)(H,34,38)(H,35,36,39)/t21-,23+/m1/s1. The summed E-state index contributed by atoms with van der Waals surface area (Å²) in [4.78, 5) is 55.7. The van der Waals surface area contributed by atoms with Crippen LogP contribution in [0.1, 0.15) is 54.3 Å². The highest BCUT2D eigenvalue weighted by Crippen LogP contribution is 2.50. The summed E-state index contributed by atoms with van der Waals surface area (Å²) in [6.07, 6.45) is 3.42. The van der Waals surface area contributed by atoms with E-state index in [1.807, 2.05) is 12.3 Å². The second-order valence-electron chi connectivity index (χ2n) is 10.3. The molecule has 12 nitrogen and oxygen atoms in total. The van der Waals surface area contributed by atoms with Crippen LogP contribution >= 0.6 is 23.1 Å². The molecular formula is C32H38N4O8S2. The summed E-state index contributed by atoms with van der Waals surface area (Å²) >= 11 is 2.67. The zero-order valence-corrected chi connectivity index (χ0v) is 28.2. The number of ether oxygens (including phenoxy) is 4. The predicted octanol–water partition coefficient (Wildman–Crippen LogP) is 4.67.